The molecule has 64 valence electrons. The van der Waals surface area contributed by atoms with Gasteiger partial charge in [0.15, 0.2) is 0 Å². The average molecular weight is 192 g/mol. The Bertz CT molecular complexity index is 445. The van der Waals surface area contributed by atoms with Crippen LogP contribution in [0.15, 0.2) is 6.07 Å². The second-order valence-corrected chi connectivity index (χ2v) is 3.10. The molecule has 0 unspecified atom stereocenters. The summed E-state index contributed by atoms with van der Waals surface area (Å²) >= 11 is 0.922. The topological polar surface area (TPSA) is 66.9 Å². The molecule has 0 aliphatic carbocycles. The third-order valence-electron chi connectivity index (χ3n) is 1.25. The molecular weight excluding hydrogens is 188 g/mol. The molecule has 1 aromatic rings. The lowest BCUT2D eigenvalue weighted by atomic mass is 10.3. The van der Waals surface area contributed by atoms with E-state index in [1.165, 1.54) is 6.07 Å². The third kappa shape index (κ3) is 1.84. The van der Waals surface area contributed by atoms with Gasteiger partial charge in [0.25, 0.3) is 0 Å². The zero-order valence-electron chi connectivity index (χ0n) is 6.70. The average Bonchev–Trinajstić information content (AvgIpc) is 2.48. The second-order valence-electron chi connectivity index (χ2n) is 2.07. The van der Waals surface area contributed by atoms with Gasteiger partial charge in [-0.1, -0.05) is 17.3 Å². The number of rotatable bonds is 1. The standard InChI is InChI=1S/C8H4N2O2S/c1-2-3-7-4-6(5-9)8(13-7)10(11)12/h4H,1H3. The minimum atomic E-state index is -0.565. The van der Waals surface area contributed by atoms with Crippen molar-refractivity contribution in [1.29, 1.82) is 5.26 Å². The minimum absolute atomic E-state index is 0.0766. The van der Waals surface area contributed by atoms with Crippen LogP contribution in [0.25, 0.3) is 0 Å². The van der Waals surface area contributed by atoms with Crippen molar-refractivity contribution in [3.05, 3.63) is 26.6 Å². The van der Waals surface area contributed by atoms with Crippen LogP contribution in [-0.2, 0) is 0 Å². The van der Waals surface area contributed by atoms with Gasteiger partial charge in [-0.15, -0.1) is 5.92 Å². The lowest BCUT2D eigenvalue weighted by Gasteiger charge is -1.81. The summed E-state index contributed by atoms with van der Waals surface area (Å²) in [6.45, 7) is 1.64. The molecule has 0 amide bonds. The molecule has 1 rings (SSSR count). The van der Waals surface area contributed by atoms with Crippen LogP contribution < -0.4 is 0 Å². The summed E-state index contributed by atoms with van der Waals surface area (Å²) < 4.78 is 0. The lowest BCUT2D eigenvalue weighted by molar-refractivity contribution is -0.380. The lowest BCUT2D eigenvalue weighted by Crippen LogP contribution is -1.85. The molecule has 1 heterocycles. The Kier molecular flexibility index (Phi) is 2.63. The van der Waals surface area contributed by atoms with Crippen LogP contribution in [-0.4, -0.2) is 4.92 Å². The van der Waals surface area contributed by atoms with E-state index in [1.807, 2.05) is 0 Å². The molecule has 0 N–H and O–H groups in total. The van der Waals surface area contributed by atoms with Crippen molar-refractivity contribution in [1.82, 2.24) is 0 Å². The van der Waals surface area contributed by atoms with Crippen molar-refractivity contribution >= 4 is 16.3 Å². The SMILES string of the molecule is CC#Cc1cc(C#N)c([N+](=O)[O-])s1. The van der Waals surface area contributed by atoms with Crippen LogP contribution >= 0.6 is 11.3 Å². The van der Waals surface area contributed by atoms with Gasteiger partial charge in [-0.2, -0.15) is 5.26 Å². The fourth-order valence-corrected chi connectivity index (χ4v) is 1.61. The fourth-order valence-electron chi connectivity index (χ4n) is 0.782. The normalized spacial score (nSPS) is 8.31. The van der Waals surface area contributed by atoms with Crippen molar-refractivity contribution in [3.8, 4) is 17.9 Å². The first-order chi connectivity index (χ1) is 6.19. The number of nitriles is 1. The number of nitro groups is 1. The highest BCUT2D eigenvalue weighted by Gasteiger charge is 2.17. The van der Waals surface area contributed by atoms with Gasteiger partial charge in [0.1, 0.15) is 11.6 Å². The Morgan fingerprint density at radius 2 is 2.38 bits per heavy atom. The van der Waals surface area contributed by atoms with Gasteiger partial charge >= 0.3 is 5.00 Å². The molecular formula is C8H4N2O2S. The van der Waals surface area contributed by atoms with Gasteiger partial charge in [0.2, 0.25) is 0 Å². The molecule has 0 fully saturated rings. The first kappa shape index (κ1) is 9.24. The van der Waals surface area contributed by atoms with Crippen LogP contribution in [0.2, 0.25) is 0 Å². The van der Waals surface area contributed by atoms with E-state index in [0.717, 1.165) is 11.3 Å². The number of hydrogen-bond donors (Lipinski definition) is 0. The van der Waals surface area contributed by atoms with E-state index >= 15 is 0 Å². The minimum Gasteiger partial charge on any atom is -0.258 e. The maximum Gasteiger partial charge on any atom is 0.343 e. The van der Waals surface area contributed by atoms with Crippen LogP contribution in [0.1, 0.15) is 17.4 Å². The van der Waals surface area contributed by atoms with Crippen LogP contribution in [0.4, 0.5) is 5.00 Å². The van der Waals surface area contributed by atoms with E-state index in [-0.39, 0.29) is 10.6 Å². The van der Waals surface area contributed by atoms with Crippen LogP contribution in [0.5, 0.6) is 0 Å². The summed E-state index contributed by atoms with van der Waals surface area (Å²) in [6, 6.07) is 3.19. The van der Waals surface area contributed by atoms with Gasteiger partial charge in [-0.3, -0.25) is 10.1 Å². The van der Waals surface area contributed by atoms with E-state index in [0.29, 0.717) is 4.88 Å². The summed E-state index contributed by atoms with van der Waals surface area (Å²) in [4.78, 5) is 10.4. The Hall–Kier alpha value is -1.85. The molecule has 0 aliphatic heterocycles. The molecule has 1 aromatic heterocycles. The molecule has 0 saturated carbocycles. The van der Waals surface area contributed by atoms with Gasteiger partial charge in [-0.25, -0.2) is 0 Å². The van der Waals surface area contributed by atoms with E-state index in [9.17, 15) is 10.1 Å². The highest BCUT2D eigenvalue weighted by Crippen LogP contribution is 2.28. The van der Waals surface area contributed by atoms with Crippen LogP contribution in [0.3, 0.4) is 0 Å². The third-order valence-corrected chi connectivity index (χ3v) is 2.25. The predicted octanol–water partition coefficient (Wildman–Crippen LogP) is 1.90. The Morgan fingerprint density at radius 3 is 2.77 bits per heavy atom. The van der Waals surface area contributed by atoms with Gasteiger partial charge in [0.05, 0.1) is 9.80 Å². The summed E-state index contributed by atoms with van der Waals surface area (Å²) in [7, 11) is 0. The number of thiophene rings is 1. The molecule has 0 saturated heterocycles. The van der Waals surface area contributed by atoms with E-state index in [1.54, 1.807) is 13.0 Å². The molecule has 0 atom stereocenters. The molecule has 0 aliphatic rings. The molecule has 5 heteroatoms. The summed E-state index contributed by atoms with van der Waals surface area (Å²) in [5.41, 5.74) is 0.0766. The molecule has 0 aromatic carbocycles. The Labute approximate surface area is 78.6 Å². The largest absolute Gasteiger partial charge is 0.343 e. The van der Waals surface area contributed by atoms with Crippen molar-refractivity contribution in [2.45, 2.75) is 6.92 Å². The maximum absolute atomic E-state index is 10.4. The van der Waals surface area contributed by atoms with Gasteiger partial charge < -0.3 is 0 Å². The molecule has 0 bridgehead atoms. The quantitative estimate of drug-likeness (QED) is 0.387. The number of nitrogens with zero attached hydrogens (tertiary/aromatic N) is 2. The molecule has 13 heavy (non-hydrogen) atoms. The predicted molar refractivity (Wildman–Crippen MR) is 48.2 cm³/mol. The Balaban J connectivity index is 3.26. The van der Waals surface area contributed by atoms with Crippen molar-refractivity contribution in [3.63, 3.8) is 0 Å². The first-order valence-corrected chi connectivity index (χ1v) is 4.11. The van der Waals surface area contributed by atoms with Crippen molar-refractivity contribution in [2.24, 2.45) is 0 Å². The zero-order chi connectivity index (χ0) is 9.84. The Morgan fingerprint density at radius 1 is 1.69 bits per heavy atom. The smallest absolute Gasteiger partial charge is 0.258 e. The van der Waals surface area contributed by atoms with E-state index in [2.05, 4.69) is 11.8 Å². The fraction of sp³-hybridized carbons (Fsp3) is 0.125. The van der Waals surface area contributed by atoms with E-state index < -0.39 is 4.92 Å². The maximum atomic E-state index is 10.4. The first-order valence-electron chi connectivity index (χ1n) is 3.30. The van der Waals surface area contributed by atoms with E-state index in [4.69, 9.17) is 5.26 Å². The van der Waals surface area contributed by atoms with Crippen molar-refractivity contribution < 1.29 is 4.92 Å². The monoisotopic (exact) mass is 192 g/mol. The number of hydrogen-bond acceptors (Lipinski definition) is 4. The van der Waals surface area contributed by atoms with Gasteiger partial charge in [-0.05, 0) is 13.0 Å². The van der Waals surface area contributed by atoms with Gasteiger partial charge in [0, 0.05) is 0 Å². The highest BCUT2D eigenvalue weighted by molar-refractivity contribution is 7.16. The summed E-state index contributed by atoms with van der Waals surface area (Å²) in [5, 5.41) is 18.8. The second kappa shape index (κ2) is 3.70. The molecule has 0 radical (unpaired) electrons. The highest BCUT2D eigenvalue weighted by atomic mass is 32.1. The van der Waals surface area contributed by atoms with Crippen LogP contribution in [0, 0.1) is 33.3 Å². The summed E-state index contributed by atoms with van der Waals surface area (Å²) in [5.74, 6) is 5.29. The molecule has 4 nitrogen and oxygen atoms in total. The van der Waals surface area contributed by atoms with Crippen molar-refractivity contribution in [2.75, 3.05) is 0 Å². The summed E-state index contributed by atoms with van der Waals surface area (Å²) in [6.07, 6.45) is 0. The molecule has 0 spiro atoms. The zero-order valence-corrected chi connectivity index (χ0v) is 7.51.